The van der Waals surface area contributed by atoms with Gasteiger partial charge in [-0.15, -0.1) is 0 Å². The summed E-state index contributed by atoms with van der Waals surface area (Å²) in [5.74, 6) is 0.0444. The highest BCUT2D eigenvalue weighted by atomic mass is 79.9. The Kier molecular flexibility index (Phi) is 7.43. The van der Waals surface area contributed by atoms with Crippen LogP contribution in [0, 0.1) is 11.6 Å². The molecule has 0 saturated carbocycles. The lowest BCUT2D eigenvalue weighted by molar-refractivity contribution is 0.296. The second-order valence-corrected chi connectivity index (χ2v) is 7.62. The van der Waals surface area contributed by atoms with E-state index in [9.17, 15) is 8.78 Å². The van der Waals surface area contributed by atoms with Crippen molar-refractivity contribution in [2.75, 3.05) is 6.54 Å². The predicted molar refractivity (Wildman–Crippen MR) is 112 cm³/mol. The van der Waals surface area contributed by atoms with E-state index in [-0.39, 0.29) is 18.2 Å². The summed E-state index contributed by atoms with van der Waals surface area (Å²) in [6.45, 7) is 1.37. The van der Waals surface area contributed by atoms with E-state index in [0.717, 1.165) is 28.6 Å². The van der Waals surface area contributed by atoms with Crippen molar-refractivity contribution in [3.05, 3.63) is 98.5 Å². The van der Waals surface area contributed by atoms with Crippen LogP contribution in [-0.2, 0) is 19.6 Å². The molecule has 2 nitrogen and oxygen atoms in total. The summed E-state index contributed by atoms with van der Waals surface area (Å²) in [6.07, 6.45) is 0.787. The molecule has 0 radical (unpaired) electrons. The third-order valence-electron chi connectivity index (χ3n) is 4.28. The van der Waals surface area contributed by atoms with Gasteiger partial charge < -0.3 is 10.1 Å². The van der Waals surface area contributed by atoms with Gasteiger partial charge in [0.05, 0.1) is 5.02 Å². The van der Waals surface area contributed by atoms with Crippen molar-refractivity contribution in [2.24, 2.45) is 0 Å². The Hall–Kier alpha value is -1.95. The number of rotatable bonds is 8. The highest BCUT2D eigenvalue weighted by Gasteiger charge is 2.10. The SMILES string of the molecule is Fc1ccc(CCNCc2cc(Br)ccc2OCc2c(F)cccc2Cl)cc1. The Balaban J connectivity index is 1.59. The zero-order valence-electron chi connectivity index (χ0n) is 15.0. The van der Waals surface area contributed by atoms with Crippen molar-refractivity contribution < 1.29 is 13.5 Å². The van der Waals surface area contributed by atoms with Crippen LogP contribution < -0.4 is 10.1 Å². The largest absolute Gasteiger partial charge is 0.488 e. The molecule has 0 heterocycles. The number of hydrogen-bond donors (Lipinski definition) is 1. The number of halogens is 4. The average Bonchev–Trinajstić information content (AvgIpc) is 2.67. The van der Waals surface area contributed by atoms with Crippen molar-refractivity contribution in [1.82, 2.24) is 5.32 Å². The Morgan fingerprint density at radius 1 is 1.00 bits per heavy atom. The first-order chi connectivity index (χ1) is 13.5. The van der Waals surface area contributed by atoms with E-state index in [0.29, 0.717) is 22.9 Å². The third kappa shape index (κ3) is 5.77. The molecule has 0 amide bonds. The number of ether oxygens (including phenoxy) is 1. The quantitative estimate of drug-likeness (QED) is 0.394. The van der Waals surface area contributed by atoms with Gasteiger partial charge in [0.1, 0.15) is 24.0 Å². The first-order valence-electron chi connectivity index (χ1n) is 8.82. The van der Waals surface area contributed by atoms with Crippen LogP contribution in [0.2, 0.25) is 5.02 Å². The molecule has 1 N–H and O–H groups in total. The minimum atomic E-state index is -0.386. The molecule has 0 aromatic heterocycles. The summed E-state index contributed by atoms with van der Waals surface area (Å²) >= 11 is 9.54. The molecule has 6 heteroatoms. The van der Waals surface area contributed by atoms with Gasteiger partial charge in [0.25, 0.3) is 0 Å². The molecule has 0 unspecified atom stereocenters. The summed E-state index contributed by atoms with van der Waals surface area (Å²) in [5, 5.41) is 3.70. The van der Waals surface area contributed by atoms with Crippen LogP contribution in [0.4, 0.5) is 8.78 Å². The fourth-order valence-corrected chi connectivity index (χ4v) is 3.38. The van der Waals surface area contributed by atoms with E-state index in [2.05, 4.69) is 21.2 Å². The van der Waals surface area contributed by atoms with Crippen molar-refractivity contribution in [3.63, 3.8) is 0 Å². The van der Waals surface area contributed by atoms with Gasteiger partial charge >= 0.3 is 0 Å². The minimum Gasteiger partial charge on any atom is -0.488 e. The highest BCUT2D eigenvalue weighted by Crippen LogP contribution is 2.26. The maximum Gasteiger partial charge on any atom is 0.131 e. The maximum absolute atomic E-state index is 13.9. The fourth-order valence-electron chi connectivity index (χ4n) is 2.75. The van der Waals surface area contributed by atoms with E-state index in [4.69, 9.17) is 16.3 Å². The summed E-state index contributed by atoms with van der Waals surface area (Å²) in [7, 11) is 0. The molecular formula is C22H19BrClF2NO. The van der Waals surface area contributed by atoms with Crippen LogP contribution >= 0.6 is 27.5 Å². The van der Waals surface area contributed by atoms with Crippen LogP contribution in [0.5, 0.6) is 5.75 Å². The molecule has 3 rings (SSSR count). The lowest BCUT2D eigenvalue weighted by Crippen LogP contribution is -2.17. The van der Waals surface area contributed by atoms with Crippen LogP contribution in [0.1, 0.15) is 16.7 Å². The lowest BCUT2D eigenvalue weighted by Gasteiger charge is -2.14. The van der Waals surface area contributed by atoms with Gasteiger partial charge in [-0.1, -0.05) is 45.7 Å². The third-order valence-corrected chi connectivity index (χ3v) is 5.12. The molecule has 0 aliphatic rings. The Labute approximate surface area is 176 Å². The highest BCUT2D eigenvalue weighted by molar-refractivity contribution is 9.10. The van der Waals surface area contributed by atoms with Crippen molar-refractivity contribution in [3.8, 4) is 5.75 Å². The van der Waals surface area contributed by atoms with Crippen molar-refractivity contribution in [1.29, 1.82) is 0 Å². The van der Waals surface area contributed by atoms with Crippen LogP contribution in [0.3, 0.4) is 0 Å². The van der Waals surface area contributed by atoms with Crippen molar-refractivity contribution >= 4 is 27.5 Å². The second-order valence-electron chi connectivity index (χ2n) is 6.29. The predicted octanol–water partition coefficient (Wildman–Crippen LogP) is 6.29. The standard InChI is InChI=1S/C22H19BrClF2NO/c23-17-6-9-22(28-14-19-20(24)2-1-3-21(19)26)16(12-17)13-27-11-10-15-4-7-18(25)8-5-15/h1-9,12,27H,10-11,13-14H2. The van der Waals surface area contributed by atoms with Gasteiger partial charge in [-0.3, -0.25) is 0 Å². The normalized spacial score (nSPS) is 10.9. The summed E-state index contributed by atoms with van der Waals surface area (Å²) < 4.78 is 33.7. The molecule has 3 aromatic rings. The monoisotopic (exact) mass is 465 g/mol. The maximum atomic E-state index is 13.9. The molecule has 0 aliphatic carbocycles. The molecule has 0 saturated heterocycles. The minimum absolute atomic E-state index is 0.0513. The van der Waals surface area contributed by atoms with E-state index in [1.165, 1.54) is 18.2 Å². The Bertz CT molecular complexity index is 914. The van der Waals surface area contributed by atoms with E-state index in [1.54, 1.807) is 24.3 Å². The van der Waals surface area contributed by atoms with Crippen LogP contribution in [-0.4, -0.2) is 6.54 Å². The molecule has 3 aromatic carbocycles. The van der Waals surface area contributed by atoms with Crippen LogP contribution in [0.25, 0.3) is 0 Å². The van der Waals surface area contributed by atoms with Gasteiger partial charge in [0.15, 0.2) is 0 Å². The van der Waals surface area contributed by atoms with E-state index >= 15 is 0 Å². The Morgan fingerprint density at radius 2 is 1.79 bits per heavy atom. The summed E-state index contributed by atoms with van der Waals surface area (Å²) in [6, 6.07) is 16.7. The molecule has 0 fully saturated rings. The lowest BCUT2D eigenvalue weighted by atomic mass is 10.1. The molecule has 28 heavy (non-hydrogen) atoms. The van der Waals surface area contributed by atoms with Gasteiger partial charge in [-0.2, -0.15) is 0 Å². The van der Waals surface area contributed by atoms with Crippen LogP contribution in [0.15, 0.2) is 65.1 Å². The smallest absolute Gasteiger partial charge is 0.131 e. The second kappa shape index (κ2) is 10.0. The Morgan fingerprint density at radius 3 is 2.54 bits per heavy atom. The zero-order valence-corrected chi connectivity index (χ0v) is 17.4. The molecular weight excluding hydrogens is 448 g/mol. The number of nitrogens with one attached hydrogen (secondary N) is 1. The van der Waals surface area contributed by atoms with Gasteiger partial charge in [0.2, 0.25) is 0 Å². The summed E-state index contributed by atoms with van der Waals surface area (Å²) in [4.78, 5) is 0. The summed E-state index contributed by atoms with van der Waals surface area (Å²) in [5.41, 5.74) is 2.34. The molecule has 0 atom stereocenters. The number of benzene rings is 3. The molecule has 146 valence electrons. The van der Waals surface area contributed by atoms with E-state index in [1.807, 2.05) is 18.2 Å². The zero-order chi connectivity index (χ0) is 19.9. The number of hydrogen-bond acceptors (Lipinski definition) is 2. The first-order valence-corrected chi connectivity index (χ1v) is 9.99. The van der Waals surface area contributed by atoms with Gasteiger partial charge in [-0.05, 0) is 61.0 Å². The molecule has 0 spiro atoms. The van der Waals surface area contributed by atoms with E-state index < -0.39 is 0 Å². The van der Waals surface area contributed by atoms with Crippen molar-refractivity contribution in [2.45, 2.75) is 19.6 Å². The molecule has 0 aliphatic heterocycles. The molecule has 0 bridgehead atoms. The first kappa shape index (κ1) is 20.8. The van der Waals surface area contributed by atoms with Gasteiger partial charge in [0, 0.05) is 22.1 Å². The average molecular weight is 467 g/mol. The van der Waals surface area contributed by atoms with Gasteiger partial charge in [-0.25, -0.2) is 8.78 Å². The fraction of sp³-hybridized carbons (Fsp3) is 0.182. The topological polar surface area (TPSA) is 21.3 Å².